The molecule has 0 aliphatic heterocycles. The van der Waals surface area contributed by atoms with Crippen LogP contribution in [-0.2, 0) is 0 Å². The van der Waals surface area contributed by atoms with Crippen LogP contribution in [0.5, 0.6) is 0 Å². The molecule has 0 spiro atoms. The zero-order valence-corrected chi connectivity index (χ0v) is 10.5. The van der Waals surface area contributed by atoms with Gasteiger partial charge < -0.3 is 5.73 Å². The lowest BCUT2D eigenvalue weighted by Gasteiger charge is -2.08. The Labute approximate surface area is 108 Å². The molecule has 0 atom stereocenters. The van der Waals surface area contributed by atoms with Gasteiger partial charge in [-0.2, -0.15) is 0 Å². The molecule has 0 radical (unpaired) electrons. The first-order valence-electron chi connectivity index (χ1n) is 4.87. The molecule has 0 aliphatic carbocycles. The number of nitrogen functional groups attached to an aromatic ring is 1. The van der Waals surface area contributed by atoms with Crippen molar-refractivity contribution in [1.82, 2.24) is 4.98 Å². The second-order valence-corrected chi connectivity index (χ2v) is 4.48. The molecule has 0 unspecified atom stereocenters. The van der Waals surface area contributed by atoms with E-state index in [0.717, 1.165) is 5.56 Å². The first-order chi connectivity index (χ1) is 7.99. The standard InChI is InChI=1S/C12H9Cl2FN2/c1-6-2-3-10(15)7(4-6)11-8(13)5-9(14)12(16)17-11/h2-5H,1H3,(H2,16,17). The first kappa shape index (κ1) is 12.1. The number of benzene rings is 1. The molecule has 0 saturated heterocycles. The number of anilines is 1. The highest BCUT2D eigenvalue weighted by Crippen LogP contribution is 2.32. The maximum atomic E-state index is 13.7. The van der Waals surface area contributed by atoms with E-state index in [0.29, 0.717) is 11.3 Å². The molecule has 1 heterocycles. The summed E-state index contributed by atoms with van der Waals surface area (Å²) < 4.78 is 13.7. The summed E-state index contributed by atoms with van der Waals surface area (Å²) >= 11 is 11.8. The number of rotatable bonds is 1. The number of nitrogens with two attached hydrogens (primary N) is 1. The minimum absolute atomic E-state index is 0.131. The molecule has 2 nitrogen and oxygen atoms in total. The Morgan fingerprint density at radius 3 is 2.59 bits per heavy atom. The number of pyridine rings is 1. The maximum Gasteiger partial charge on any atom is 0.143 e. The van der Waals surface area contributed by atoms with E-state index >= 15 is 0 Å². The predicted octanol–water partition coefficient (Wildman–Crippen LogP) is 4.09. The van der Waals surface area contributed by atoms with Crippen LogP contribution in [0.4, 0.5) is 10.2 Å². The van der Waals surface area contributed by atoms with Gasteiger partial charge in [0.25, 0.3) is 0 Å². The molecule has 1 aromatic heterocycles. The van der Waals surface area contributed by atoms with E-state index in [4.69, 9.17) is 28.9 Å². The van der Waals surface area contributed by atoms with Crippen LogP contribution in [0.3, 0.4) is 0 Å². The molecule has 88 valence electrons. The smallest absolute Gasteiger partial charge is 0.143 e. The van der Waals surface area contributed by atoms with Crippen molar-refractivity contribution in [2.75, 3.05) is 5.73 Å². The summed E-state index contributed by atoms with van der Waals surface area (Å²) in [5, 5.41) is 0.528. The summed E-state index contributed by atoms with van der Waals surface area (Å²) in [5.74, 6) is -0.265. The minimum atomic E-state index is -0.397. The number of aromatic nitrogens is 1. The van der Waals surface area contributed by atoms with Crippen LogP contribution in [0, 0.1) is 12.7 Å². The van der Waals surface area contributed by atoms with E-state index in [2.05, 4.69) is 4.98 Å². The Hall–Kier alpha value is -1.32. The molecule has 17 heavy (non-hydrogen) atoms. The lowest BCUT2D eigenvalue weighted by molar-refractivity contribution is 0.630. The van der Waals surface area contributed by atoms with Gasteiger partial charge in [0.05, 0.1) is 15.7 Å². The number of nitrogens with zero attached hydrogens (tertiary/aromatic N) is 1. The lowest BCUT2D eigenvalue weighted by Crippen LogP contribution is -1.96. The number of halogens is 3. The number of hydrogen-bond donors (Lipinski definition) is 1. The van der Waals surface area contributed by atoms with Gasteiger partial charge in [-0.15, -0.1) is 0 Å². The predicted molar refractivity (Wildman–Crippen MR) is 68.8 cm³/mol. The van der Waals surface area contributed by atoms with Crippen molar-refractivity contribution in [3.63, 3.8) is 0 Å². The van der Waals surface area contributed by atoms with Crippen LogP contribution in [0.2, 0.25) is 10.0 Å². The van der Waals surface area contributed by atoms with Crippen molar-refractivity contribution in [3.05, 3.63) is 45.7 Å². The lowest BCUT2D eigenvalue weighted by atomic mass is 10.1. The van der Waals surface area contributed by atoms with Crippen LogP contribution in [0.1, 0.15) is 5.56 Å². The number of hydrogen-bond acceptors (Lipinski definition) is 2. The van der Waals surface area contributed by atoms with Crippen LogP contribution in [-0.4, -0.2) is 4.98 Å². The van der Waals surface area contributed by atoms with Crippen LogP contribution < -0.4 is 5.73 Å². The van der Waals surface area contributed by atoms with Crippen molar-refractivity contribution in [2.45, 2.75) is 6.92 Å². The van der Waals surface area contributed by atoms with E-state index in [-0.39, 0.29) is 15.9 Å². The van der Waals surface area contributed by atoms with Gasteiger partial charge in [-0.1, -0.05) is 34.8 Å². The van der Waals surface area contributed by atoms with Crippen molar-refractivity contribution in [3.8, 4) is 11.3 Å². The quantitative estimate of drug-likeness (QED) is 0.848. The molecule has 2 N–H and O–H groups in total. The zero-order valence-electron chi connectivity index (χ0n) is 8.97. The first-order valence-corrected chi connectivity index (χ1v) is 5.62. The second-order valence-electron chi connectivity index (χ2n) is 3.67. The molecular formula is C12H9Cl2FN2. The van der Waals surface area contributed by atoms with Gasteiger partial charge >= 0.3 is 0 Å². The molecule has 0 fully saturated rings. The fourth-order valence-electron chi connectivity index (χ4n) is 1.49. The van der Waals surface area contributed by atoms with E-state index in [1.807, 2.05) is 6.92 Å². The van der Waals surface area contributed by atoms with Gasteiger partial charge in [0.1, 0.15) is 11.6 Å². The normalized spacial score (nSPS) is 10.6. The van der Waals surface area contributed by atoms with Crippen LogP contribution in [0.15, 0.2) is 24.3 Å². The average molecular weight is 271 g/mol. The Kier molecular flexibility index (Phi) is 3.22. The fourth-order valence-corrected chi connectivity index (χ4v) is 1.95. The molecule has 1 aromatic carbocycles. The third kappa shape index (κ3) is 2.35. The van der Waals surface area contributed by atoms with Gasteiger partial charge in [-0.25, -0.2) is 9.37 Å². The van der Waals surface area contributed by atoms with E-state index in [1.54, 1.807) is 12.1 Å². The van der Waals surface area contributed by atoms with Crippen molar-refractivity contribution in [2.24, 2.45) is 0 Å². The third-order valence-electron chi connectivity index (χ3n) is 2.33. The molecule has 5 heteroatoms. The Bertz CT molecular complexity index is 585. The molecular weight excluding hydrogens is 262 g/mol. The van der Waals surface area contributed by atoms with Gasteiger partial charge in [-0.3, -0.25) is 0 Å². The molecule has 0 aliphatic rings. The summed E-state index contributed by atoms with van der Waals surface area (Å²) in [6.07, 6.45) is 0. The van der Waals surface area contributed by atoms with Gasteiger partial charge in [-0.05, 0) is 25.1 Å². The minimum Gasteiger partial charge on any atom is -0.382 e. The topological polar surface area (TPSA) is 38.9 Å². The van der Waals surface area contributed by atoms with Crippen molar-refractivity contribution < 1.29 is 4.39 Å². The Morgan fingerprint density at radius 2 is 1.88 bits per heavy atom. The van der Waals surface area contributed by atoms with E-state index in [1.165, 1.54) is 12.1 Å². The van der Waals surface area contributed by atoms with Crippen molar-refractivity contribution >= 4 is 29.0 Å². The molecule has 2 rings (SSSR count). The van der Waals surface area contributed by atoms with Crippen LogP contribution in [0.25, 0.3) is 11.3 Å². The monoisotopic (exact) mass is 270 g/mol. The molecule has 2 aromatic rings. The third-order valence-corrected chi connectivity index (χ3v) is 2.92. The summed E-state index contributed by atoms with van der Waals surface area (Å²) in [5.41, 5.74) is 7.12. The highest BCUT2D eigenvalue weighted by Gasteiger charge is 2.13. The van der Waals surface area contributed by atoms with Gasteiger partial charge in [0.2, 0.25) is 0 Å². The summed E-state index contributed by atoms with van der Waals surface area (Å²) in [7, 11) is 0. The highest BCUT2D eigenvalue weighted by molar-refractivity contribution is 6.37. The zero-order chi connectivity index (χ0) is 12.6. The van der Waals surface area contributed by atoms with E-state index in [9.17, 15) is 4.39 Å². The SMILES string of the molecule is Cc1ccc(F)c(-c2nc(N)c(Cl)cc2Cl)c1. The number of aryl methyl sites for hydroxylation is 1. The maximum absolute atomic E-state index is 13.7. The van der Waals surface area contributed by atoms with E-state index < -0.39 is 5.82 Å². The van der Waals surface area contributed by atoms with Crippen molar-refractivity contribution in [1.29, 1.82) is 0 Å². The molecule has 0 amide bonds. The van der Waals surface area contributed by atoms with Gasteiger partial charge in [0.15, 0.2) is 0 Å². The summed E-state index contributed by atoms with van der Waals surface area (Å²) in [6.45, 7) is 1.86. The summed E-state index contributed by atoms with van der Waals surface area (Å²) in [6, 6.07) is 6.17. The fraction of sp³-hybridized carbons (Fsp3) is 0.0833. The molecule has 0 bridgehead atoms. The highest BCUT2D eigenvalue weighted by atomic mass is 35.5. The van der Waals surface area contributed by atoms with Crippen LogP contribution >= 0.6 is 23.2 Å². The Balaban J connectivity index is 2.68. The summed E-state index contributed by atoms with van der Waals surface area (Å²) in [4.78, 5) is 4.02. The second kappa shape index (κ2) is 4.51. The molecule has 0 saturated carbocycles. The average Bonchev–Trinajstić information content (AvgIpc) is 2.27. The largest absolute Gasteiger partial charge is 0.382 e. The van der Waals surface area contributed by atoms with Gasteiger partial charge in [0, 0.05) is 5.56 Å². The Morgan fingerprint density at radius 1 is 1.18 bits per heavy atom.